The average Bonchev–Trinajstić information content (AvgIpc) is 3.35. The lowest BCUT2D eigenvalue weighted by molar-refractivity contribution is -0.384. The molecule has 0 aliphatic carbocycles. The van der Waals surface area contributed by atoms with Crippen LogP contribution >= 0.6 is 0 Å². The second-order valence-electron chi connectivity index (χ2n) is 6.59. The smallest absolute Gasteiger partial charge is 0.270 e. The number of hydrogen-bond acceptors (Lipinski definition) is 6. The monoisotopic (exact) mass is 385 g/mol. The summed E-state index contributed by atoms with van der Waals surface area (Å²) in [6, 6.07) is 14.4. The maximum absolute atomic E-state index is 11.1. The van der Waals surface area contributed by atoms with E-state index >= 15 is 0 Å². The lowest BCUT2D eigenvalue weighted by Gasteiger charge is -2.05. The van der Waals surface area contributed by atoms with Crippen molar-refractivity contribution in [3.63, 3.8) is 0 Å². The van der Waals surface area contributed by atoms with Crippen LogP contribution in [0.3, 0.4) is 0 Å². The number of nitro benzene ring substituents is 1. The van der Waals surface area contributed by atoms with Gasteiger partial charge in [-0.05, 0) is 42.0 Å². The van der Waals surface area contributed by atoms with Crippen LogP contribution in [0, 0.1) is 10.1 Å². The zero-order valence-electron chi connectivity index (χ0n) is 15.1. The Morgan fingerprint density at radius 3 is 2.72 bits per heavy atom. The van der Waals surface area contributed by atoms with Gasteiger partial charge in [-0.1, -0.05) is 0 Å². The highest BCUT2D eigenvalue weighted by Crippen LogP contribution is 2.29. The van der Waals surface area contributed by atoms with E-state index in [9.17, 15) is 10.1 Å². The Labute approximate surface area is 164 Å². The fourth-order valence-electron chi connectivity index (χ4n) is 3.23. The van der Waals surface area contributed by atoms with Gasteiger partial charge in [0.25, 0.3) is 5.69 Å². The number of fused-ring (bicyclic) bond motifs is 2. The number of H-pyrrole nitrogens is 2. The van der Waals surface area contributed by atoms with E-state index in [1.807, 2.05) is 30.3 Å². The summed E-state index contributed by atoms with van der Waals surface area (Å²) in [5.41, 5.74) is 5.00. The molecular weight excluding hydrogens is 370 g/mol. The number of benzene rings is 2. The van der Waals surface area contributed by atoms with Gasteiger partial charge in [0.1, 0.15) is 5.69 Å². The number of hydrogen-bond donors (Lipinski definition) is 3. The maximum Gasteiger partial charge on any atom is 0.270 e. The van der Waals surface area contributed by atoms with Crippen molar-refractivity contribution < 1.29 is 4.92 Å². The number of pyridine rings is 1. The molecule has 5 aromatic rings. The Morgan fingerprint density at radius 2 is 1.90 bits per heavy atom. The molecule has 0 atom stereocenters. The molecule has 9 heteroatoms. The zero-order chi connectivity index (χ0) is 19.8. The Kier molecular flexibility index (Phi) is 3.91. The standard InChI is InChI=1S/C20H15N7O2/c28-27(29)14-2-4-16-15(10-14)19(26-25-16)20-23-17-3-1-13(9-18(17)24-20)22-11-12-5-7-21-8-6-12/h1-10,22H,11H2,(H,23,24)(H,25,26). The number of anilines is 1. The Bertz CT molecular complexity index is 1340. The number of aromatic nitrogens is 5. The molecule has 0 spiro atoms. The van der Waals surface area contributed by atoms with Crippen molar-refractivity contribution in [3.05, 3.63) is 76.6 Å². The molecule has 0 aliphatic rings. The number of nitrogens with one attached hydrogen (secondary N) is 3. The van der Waals surface area contributed by atoms with E-state index < -0.39 is 4.92 Å². The fraction of sp³-hybridized carbons (Fsp3) is 0.0500. The lowest BCUT2D eigenvalue weighted by Crippen LogP contribution is -1.98. The van der Waals surface area contributed by atoms with Gasteiger partial charge in [-0.3, -0.25) is 20.2 Å². The summed E-state index contributed by atoms with van der Waals surface area (Å²) in [5, 5.41) is 22.3. The van der Waals surface area contributed by atoms with Crippen LogP contribution in [-0.4, -0.2) is 30.1 Å². The van der Waals surface area contributed by atoms with Crippen LogP contribution in [0.5, 0.6) is 0 Å². The highest BCUT2D eigenvalue weighted by Gasteiger charge is 2.16. The first-order valence-electron chi connectivity index (χ1n) is 8.93. The number of imidazole rings is 1. The molecule has 2 aromatic carbocycles. The normalized spacial score (nSPS) is 11.2. The largest absolute Gasteiger partial charge is 0.381 e. The van der Waals surface area contributed by atoms with Gasteiger partial charge < -0.3 is 10.3 Å². The van der Waals surface area contributed by atoms with Crippen LogP contribution in [0.15, 0.2) is 60.9 Å². The van der Waals surface area contributed by atoms with Gasteiger partial charge in [0, 0.05) is 42.1 Å². The Morgan fingerprint density at radius 1 is 1.03 bits per heavy atom. The third-order valence-electron chi connectivity index (χ3n) is 4.71. The Hall–Kier alpha value is -4.27. The predicted octanol–water partition coefficient (Wildman–Crippen LogP) is 4.02. The van der Waals surface area contributed by atoms with E-state index in [0.717, 1.165) is 22.3 Å². The van der Waals surface area contributed by atoms with Crippen molar-refractivity contribution in [1.29, 1.82) is 0 Å². The van der Waals surface area contributed by atoms with Crippen molar-refractivity contribution in [1.82, 2.24) is 25.1 Å². The predicted molar refractivity (Wildman–Crippen MR) is 109 cm³/mol. The molecule has 0 unspecified atom stereocenters. The minimum Gasteiger partial charge on any atom is -0.381 e. The first kappa shape index (κ1) is 16.9. The van der Waals surface area contributed by atoms with Gasteiger partial charge in [0.2, 0.25) is 0 Å². The summed E-state index contributed by atoms with van der Waals surface area (Å²) in [6.45, 7) is 0.683. The number of non-ortho nitro benzene ring substituents is 1. The van der Waals surface area contributed by atoms with E-state index in [1.54, 1.807) is 18.5 Å². The molecule has 0 bridgehead atoms. The molecule has 0 aliphatic heterocycles. The minimum absolute atomic E-state index is 0.0128. The first-order chi connectivity index (χ1) is 14.2. The molecule has 0 radical (unpaired) electrons. The lowest BCUT2D eigenvalue weighted by atomic mass is 10.2. The summed E-state index contributed by atoms with van der Waals surface area (Å²) in [7, 11) is 0. The van der Waals surface area contributed by atoms with Gasteiger partial charge in [-0.2, -0.15) is 5.10 Å². The summed E-state index contributed by atoms with van der Waals surface area (Å²) in [4.78, 5) is 22.6. The molecule has 5 rings (SSSR count). The van der Waals surface area contributed by atoms with Gasteiger partial charge in [0.05, 0.1) is 21.5 Å². The summed E-state index contributed by atoms with van der Waals surface area (Å²) in [5.74, 6) is 0.554. The van der Waals surface area contributed by atoms with Gasteiger partial charge >= 0.3 is 0 Å². The molecule has 9 nitrogen and oxygen atoms in total. The molecule has 0 saturated carbocycles. The molecule has 142 valence electrons. The van der Waals surface area contributed by atoms with Crippen LogP contribution in [0.1, 0.15) is 5.56 Å². The van der Waals surface area contributed by atoms with Crippen LogP contribution < -0.4 is 5.32 Å². The molecule has 29 heavy (non-hydrogen) atoms. The average molecular weight is 385 g/mol. The van der Waals surface area contributed by atoms with E-state index in [-0.39, 0.29) is 5.69 Å². The van der Waals surface area contributed by atoms with E-state index in [4.69, 9.17) is 0 Å². The topological polar surface area (TPSA) is 125 Å². The SMILES string of the molecule is O=[N+]([O-])c1ccc2[nH]nc(-c3nc4ccc(NCc5ccncc5)cc4[nH]3)c2c1. The highest BCUT2D eigenvalue weighted by molar-refractivity contribution is 5.94. The quantitative estimate of drug-likeness (QED) is 0.310. The Balaban J connectivity index is 1.48. The summed E-state index contributed by atoms with van der Waals surface area (Å²) < 4.78 is 0. The third-order valence-corrected chi connectivity index (χ3v) is 4.71. The molecular formula is C20H15N7O2. The highest BCUT2D eigenvalue weighted by atomic mass is 16.6. The minimum atomic E-state index is -0.421. The van der Waals surface area contributed by atoms with Crippen molar-refractivity contribution in [2.45, 2.75) is 6.54 Å². The van der Waals surface area contributed by atoms with Crippen LogP contribution in [0.2, 0.25) is 0 Å². The van der Waals surface area contributed by atoms with E-state index in [1.165, 1.54) is 12.1 Å². The van der Waals surface area contributed by atoms with Crippen LogP contribution in [0.4, 0.5) is 11.4 Å². The van der Waals surface area contributed by atoms with Crippen molar-refractivity contribution in [3.8, 4) is 11.5 Å². The van der Waals surface area contributed by atoms with Crippen LogP contribution in [0.25, 0.3) is 33.5 Å². The number of nitrogens with zero attached hydrogens (tertiary/aromatic N) is 4. The van der Waals surface area contributed by atoms with E-state index in [0.29, 0.717) is 29.0 Å². The molecule has 0 amide bonds. The van der Waals surface area contributed by atoms with E-state index in [2.05, 4.69) is 30.5 Å². The molecule has 3 heterocycles. The zero-order valence-corrected chi connectivity index (χ0v) is 15.1. The number of rotatable bonds is 5. The van der Waals surface area contributed by atoms with Crippen LogP contribution in [-0.2, 0) is 6.54 Å². The maximum atomic E-state index is 11.1. The van der Waals surface area contributed by atoms with Crippen molar-refractivity contribution >= 4 is 33.3 Å². The summed E-state index contributed by atoms with van der Waals surface area (Å²) in [6.07, 6.45) is 3.53. The number of nitro groups is 1. The second-order valence-corrected chi connectivity index (χ2v) is 6.59. The van der Waals surface area contributed by atoms with Crippen molar-refractivity contribution in [2.75, 3.05) is 5.32 Å². The summed E-state index contributed by atoms with van der Waals surface area (Å²) >= 11 is 0. The first-order valence-corrected chi connectivity index (χ1v) is 8.93. The fourth-order valence-corrected chi connectivity index (χ4v) is 3.23. The molecule has 0 saturated heterocycles. The molecule has 3 N–H and O–H groups in total. The van der Waals surface area contributed by atoms with Gasteiger partial charge in [-0.15, -0.1) is 0 Å². The second kappa shape index (κ2) is 6.71. The molecule has 0 fully saturated rings. The third kappa shape index (κ3) is 3.14. The van der Waals surface area contributed by atoms with Gasteiger partial charge in [0.15, 0.2) is 5.82 Å². The van der Waals surface area contributed by atoms with Crippen molar-refractivity contribution in [2.24, 2.45) is 0 Å². The van der Waals surface area contributed by atoms with Gasteiger partial charge in [-0.25, -0.2) is 4.98 Å². The molecule has 3 aromatic heterocycles. The number of aromatic amines is 2.